The number of thioether (sulfide) groups is 1. The number of hydrogen-bond acceptors (Lipinski definition) is 7. The maximum atomic E-state index is 6.22. The fourth-order valence-electron chi connectivity index (χ4n) is 2.56. The van der Waals surface area contributed by atoms with Gasteiger partial charge in [-0.05, 0) is 29.8 Å². The van der Waals surface area contributed by atoms with Crippen molar-refractivity contribution in [3.05, 3.63) is 45.9 Å². The van der Waals surface area contributed by atoms with Gasteiger partial charge < -0.3 is 20.1 Å². The second-order valence-corrected chi connectivity index (χ2v) is 7.38. The summed E-state index contributed by atoms with van der Waals surface area (Å²) in [6.45, 7) is 0. The van der Waals surface area contributed by atoms with Crippen LogP contribution in [0.4, 0.5) is 0 Å². The molecule has 28 heavy (non-hydrogen) atoms. The lowest BCUT2D eigenvalue weighted by atomic mass is 10.1. The van der Waals surface area contributed by atoms with Crippen molar-refractivity contribution in [3.63, 3.8) is 0 Å². The van der Waals surface area contributed by atoms with Crippen LogP contribution in [-0.2, 0) is 5.75 Å². The van der Waals surface area contributed by atoms with Gasteiger partial charge in [-0.25, -0.2) is 4.68 Å². The summed E-state index contributed by atoms with van der Waals surface area (Å²) in [6, 6.07) is 9.01. The van der Waals surface area contributed by atoms with E-state index in [-0.39, 0.29) is 0 Å². The Bertz CT molecular complexity index is 972. The van der Waals surface area contributed by atoms with Crippen LogP contribution in [-0.4, -0.2) is 36.2 Å². The zero-order valence-corrected chi connectivity index (χ0v) is 17.7. The summed E-state index contributed by atoms with van der Waals surface area (Å²) in [5.74, 6) is 8.80. The monoisotopic (exact) mass is 440 g/mol. The van der Waals surface area contributed by atoms with E-state index in [2.05, 4.69) is 10.2 Å². The number of nitrogen functional groups attached to an aromatic ring is 1. The van der Waals surface area contributed by atoms with E-state index in [1.165, 1.54) is 16.4 Å². The maximum Gasteiger partial charge on any atom is 0.210 e. The highest BCUT2D eigenvalue weighted by molar-refractivity contribution is 7.98. The predicted molar refractivity (Wildman–Crippen MR) is 111 cm³/mol. The van der Waals surface area contributed by atoms with Crippen molar-refractivity contribution < 1.29 is 14.2 Å². The number of nitrogens with zero attached hydrogens (tertiary/aromatic N) is 3. The van der Waals surface area contributed by atoms with Gasteiger partial charge in [0.05, 0.1) is 31.4 Å². The Balaban J connectivity index is 1.87. The first-order valence-electron chi connectivity index (χ1n) is 8.06. The van der Waals surface area contributed by atoms with Gasteiger partial charge in [0, 0.05) is 11.3 Å². The number of benzene rings is 2. The molecule has 0 aliphatic rings. The van der Waals surface area contributed by atoms with Crippen LogP contribution in [0.5, 0.6) is 17.2 Å². The molecule has 10 heteroatoms. The van der Waals surface area contributed by atoms with Crippen LogP contribution in [0.3, 0.4) is 0 Å². The van der Waals surface area contributed by atoms with Gasteiger partial charge in [-0.3, -0.25) is 0 Å². The Kier molecular flexibility index (Phi) is 6.43. The molecular weight excluding hydrogens is 423 g/mol. The van der Waals surface area contributed by atoms with Crippen LogP contribution in [0.15, 0.2) is 35.5 Å². The molecule has 0 saturated heterocycles. The van der Waals surface area contributed by atoms with Crippen LogP contribution < -0.4 is 20.1 Å². The fourth-order valence-corrected chi connectivity index (χ4v) is 3.68. The minimum Gasteiger partial charge on any atom is -0.493 e. The summed E-state index contributed by atoms with van der Waals surface area (Å²) < 4.78 is 17.5. The molecule has 0 aliphatic carbocycles. The highest BCUT2D eigenvalue weighted by Crippen LogP contribution is 2.41. The third kappa shape index (κ3) is 4.09. The van der Waals surface area contributed by atoms with Crippen LogP contribution in [0.1, 0.15) is 5.56 Å². The molecule has 3 aromatic rings. The lowest BCUT2D eigenvalue weighted by Gasteiger charge is -2.13. The third-order valence-electron chi connectivity index (χ3n) is 3.94. The van der Waals surface area contributed by atoms with E-state index >= 15 is 0 Å². The lowest BCUT2D eigenvalue weighted by Crippen LogP contribution is -2.11. The second kappa shape index (κ2) is 8.81. The van der Waals surface area contributed by atoms with E-state index in [9.17, 15) is 0 Å². The van der Waals surface area contributed by atoms with Gasteiger partial charge in [-0.15, -0.1) is 10.2 Å². The molecule has 0 aliphatic heterocycles. The van der Waals surface area contributed by atoms with Gasteiger partial charge in [0.15, 0.2) is 17.3 Å². The van der Waals surface area contributed by atoms with Gasteiger partial charge in [0.25, 0.3) is 0 Å². The topological polar surface area (TPSA) is 84.4 Å². The highest BCUT2D eigenvalue weighted by atomic mass is 35.5. The van der Waals surface area contributed by atoms with Crippen LogP contribution in [0.2, 0.25) is 10.0 Å². The summed E-state index contributed by atoms with van der Waals surface area (Å²) >= 11 is 13.4. The van der Waals surface area contributed by atoms with Crippen molar-refractivity contribution in [2.45, 2.75) is 10.9 Å². The minimum absolute atomic E-state index is 0.468. The van der Waals surface area contributed by atoms with Crippen molar-refractivity contribution in [1.82, 2.24) is 14.9 Å². The normalized spacial score (nSPS) is 10.8. The van der Waals surface area contributed by atoms with Crippen LogP contribution >= 0.6 is 35.0 Å². The molecule has 1 aromatic heterocycles. The maximum absolute atomic E-state index is 6.22. The van der Waals surface area contributed by atoms with Gasteiger partial charge in [0.2, 0.25) is 10.9 Å². The molecule has 7 nitrogen and oxygen atoms in total. The zero-order valence-electron chi connectivity index (χ0n) is 15.4. The molecule has 0 saturated carbocycles. The lowest BCUT2D eigenvalue weighted by molar-refractivity contribution is 0.324. The summed E-state index contributed by atoms with van der Waals surface area (Å²) in [5, 5.41) is 9.96. The van der Waals surface area contributed by atoms with E-state index in [1.807, 2.05) is 12.1 Å². The molecule has 2 aromatic carbocycles. The summed E-state index contributed by atoms with van der Waals surface area (Å²) in [6.07, 6.45) is 0. The molecule has 0 bridgehead atoms. The Morgan fingerprint density at radius 1 is 0.964 bits per heavy atom. The molecule has 0 fully saturated rings. The van der Waals surface area contributed by atoms with Gasteiger partial charge >= 0.3 is 0 Å². The summed E-state index contributed by atoms with van der Waals surface area (Å²) in [4.78, 5) is 0. The molecule has 3 rings (SSSR count). The highest BCUT2D eigenvalue weighted by Gasteiger charge is 2.19. The fraction of sp³-hybridized carbons (Fsp3) is 0.222. The molecule has 0 radical (unpaired) electrons. The third-order valence-corrected chi connectivity index (χ3v) is 5.69. The van der Waals surface area contributed by atoms with Gasteiger partial charge in [-0.2, -0.15) is 0 Å². The molecule has 1 heterocycles. The van der Waals surface area contributed by atoms with Gasteiger partial charge in [0.1, 0.15) is 0 Å². The van der Waals surface area contributed by atoms with Crippen molar-refractivity contribution in [2.24, 2.45) is 0 Å². The average Bonchev–Trinajstić information content (AvgIpc) is 3.08. The van der Waals surface area contributed by atoms with Crippen molar-refractivity contribution in [1.29, 1.82) is 0 Å². The molecule has 0 spiro atoms. The van der Waals surface area contributed by atoms with Crippen LogP contribution in [0.25, 0.3) is 11.4 Å². The van der Waals surface area contributed by atoms with Crippen molar-refractivity contribution in [2.75, 3.05) is 27.2 Å². The molecule has 2 N–H and O–H groups in total. The van der Waals surface area contributed by atoms with E-state index < -0.39 is 0 Å². The summed E-state index contributed by atoms with van der Waals surface area (Å²) in [7, 11) is 4.64. The van der Waals surface area contributed by atoms with E-state index in [1.54, 1.807) is 39.5 Å². The number of aromatic nitrogens is 3. The molecule has 0 amide bonds. The number of hydrogen-bond donors (Lipinski definition) is 1. The average molecular weight is 441 g/mol. The molecular formula is C18H18Cl2N4O3S. The van der Waals surface area contributed by atoms with Crippen molar-refractivity contribution in [3.8, 4) is 28.6 Å². The van der Waals surface area contributed by atoms with E-state index in [4.69, 9.17) is 43.3 Å². The first-order valence-corrected chi connectivity index (χ1v) is 9.80. The zero-order chi connectivity index (χ0) is 20.3. The standard InChI is InChI=1S/C18H18Cl2N4O3S/c1-25-14-7-11(8-15(26-2)16(14)27-3)17-22-23-18(24(17)21)28-9-10-4-5-12(19)13(20)6-10/h4-8H,9,21H2,1-3H3. The van der Waals surface area contributed by atoms with E-state index in [0.29, 0.717) is 49.6 Å². The first kappa shape index (κ1) is 20.4. The largest absolute Gasteiger partial charge is 0.493 e. The number of nitrogens with two attached hydrogens (primary N) is 1. The molecule has 148 valence electrons. The number of ether oxygens (including phenoxy) is 3. The Morgan fingerprint density at radius 2 is 1.64 bits per heavy atom. The van der Waals surface area contributed by atoms with E-state index in [0.717, 1.165) is 5.56 Å². The predicted octanol–water partition coefficient (Wildman–Crippen LogP) is 4.28. The number of halogens is 2. The van der Waals surface area contributed by atoms with Crippen LogP contribution in [0, 0.1) is 0 Å². The second-order valence-electron chi connectivity index (χ2n) is 5.63. The molecule has 0 atom stereocenters. The Labute approximate surface area is 176 Å². The quantitative estimate of drug-likeness (QED) is 0.433. The van der Waals surface area contributed by atoms with Gasteiger partial charge in [-0.1, -0.05) is 41.0 Å². The first-order chi connectivity index (χ1) is 13.5. The minimum atomic E-state index is 0.468. The Morgan fingerprint density at radius 3 is 2.21 bits per heavy atom. The SMILES string of the molecule is COc1cc(-c2nnc(SCc3ccc(Cl)c(Cl)c3)n2N)cc(OC)c1OC. The smallest absolute Gasteiger partial charge is 0.210 e. The Hall–Kier alpha value is -2.29. The van der Waals surface area contributed by atoms with Crippen molar-refractivity contribution >= 4 is 35.0 Å². The number of rotatable bonds is 7. The summed E-state index contributed by atoms with van der Waals surface area (Å²) in [5.41, 5.74) is 1.68. The molecule has 0 unspecified atom stereocenters. The number of methoxy groups -OCH3 is 3.